The average Bonchev–Trinajstić information content (AvgIpc) is 2.77. The Hall–Kier alpha value is -1.06. The summed E-state index contributed by atoms with van der Waals surface area (Å²) in [5.41, 5.74) is 6.80. The fourth-order valence-corrected chi connectivity index (χ4v) is 2.53. The molecule has 0 spiro atoms. The Morgan fingerprint density at radius 2 is 2.11 bits per heavy atom. The van der Waals surface area contributed by atoms with Gasteiger partial charge in [0.05, 0.1) is 5.92 Å². The molecule has 0 aromatic heterocycles. The van der Waals surface area contributed by atoms with E-state index >= 15 is 0 Å². The molecule has 3 nitrogen and oxygen atoms in total. The maximum absolute atomic E-state index is 12.4. The van der Waals surface area contributed by atoms with Crippen molar-refractivity contribution in [2.24, 2.45) is 5.73 Å². The summed E-state index contributed by atoms with van der Waals surface area (Å²) in [6.07, 6.45) is 2.22. The minimum absolute atomic E-state index is 0. The van der Waals surface area contributed by atoms with Gasteiger partial charge in [-0.1, -0.05) is 30.3 Å². The number of carbonyl (C=O) groups is 1. The van der Waals surface area contributed by atoms with Crippen molar-refractivity contribution in [3.63, 3.8) is 0 Å². The van der Waals surface area contributed by atoms with Crippen LogP contribution in [0.1, 0.15) is 31.2 Å². The number of nitrogens with two attached hydrogens (primary N) is 1. The van der Waals surface area contributed by atoms with Crippen LogP contribution in [0.2, 0.25) is 0 Å². The van der Waals surface area contributed by atoms with E-state index in [0.29, 0.717) is 12.6 Å². The Morgan fingerprint density at radius 3 is 2.61 bits per heavy atom. The minimum atomic E-state index is -0.184. The predicted molar refractivity (Wildman–Crippen MR) is 75.9 cm³/mol. The quantitative estimate of drug-likeness (QED) is 0.913. The Labute approximate surface area is 115 Å². The number of rotatable bonds is 3. The molecule has 2 N–H and O–H groups in total. The van der Waals surface area contributed by atoms with E-state index in [1.54, 1.807) is 0 Å². The number of likely N-dealkylation sites (tertiary alicyclic amines) is 1. The zero-order chi connectivity index (χ0) is 12.3. The van der Waals surface area contributed by atoms with Crippen LogP contribution in [-0.4, -0.2) is 29.9 Å². The predicted octanol–water partition coefficient (Wildman–Crippen LogP) is 2.16. The fourth-order valence-electron chi connectivity index (χ4n) is 2.53. The summed E-state index contributed by atoms with van der Waals surface area (Å²) in [7, 11) is 0. The van der Waals surface area contributed by atoms with Gasteiger partial charge in [-0.15, -0.1) is 12.4 Å². The molecule has 1 amide bonds. The number of hydrogen-bond donors (Lipinski definition) is 1. The van der Waals surface area contributed by atoms with Crippen molar-refractivity contribution in [2.75, 3.05) is 13.1 Å². The van der Waals surface area contributed by atoms with Crippen molar-refractivity contribution >= 4 is 18.3 Å². The SMILES string of the molecule is CC1CCCN1C(=O)C(CN)c1ccccc1.Cl. The van der Waals surface area contributed by atoms with Crippen LogP contribution in [0.25, 0.3) is 0 Å². The Bertz CT molecular complexity index is 383. The van der Waals surface area contributed by atoms with E-state index in [-0.39, 0.29) is 24.2 Å². The van der Waals surface area contributed by atoms with Crippen molar-refractivity contribution in [2.45, 2.75) is 31.7 Å². The molecule has 0 radical (unpaired) electrons. The van der Waals surface area contributed by atoms with Gasteiger partial charge < -0.3 is 10.6 Å². The summed E-state index contributed by atoms with van der Waals surface area (Å²) in [4.78, 5) is 14.4. The van der Waals surface area contributed by atoms with E-state index in [4.69, 9.17) is 5.73 Å². The monoisotopic (exact) mass is 268 g/mol. The third-order valence-corrected chi connectivity index (χ3v) is 3.57. The van der Waals surface area contributed by atoms with Crippen LogP contribution < -0.4 is 5.73 Å². The summed E-state index contributed by atoms with van der Waals surface area (Å²) in [5.74, 6) is 0.000417. The maximum Gasteiger partial charge on any atom is 0.231 e. The lowest BCUT2D eigenvalue weighted by Gasteiger charge is -2.26. The molecule has 1 fully saturated rings. The van der Waals surface area contributed by atoms with Crippen LogP contribution >= 0.6 is 12.4 Å². The number of hydrogen-bond acceptors (Lipinski definition) is 2. The molecular weight excluding hydrogens is 248 g/mol. The van der Waals surface area contributed by atoms with Gasteiger partial charge in [-0.25, -0.2) is 0 Å². The lowest BCUT2D eigenvalue weighted by molar-refractivity contribution is -0.133. The molecule has 0 aliphatic carbocycles. The first-order valence-corrected chi connectivity index (χ1v) is 6.29. The topological polar surface area (TPSA) is 46.3 Å². The van der Waals surface area contributed by atoms with E-state index < -0.39 is 0 Å². The molecule has 18 heavy (non-hydrogen) atoms. The Kier molecular flexibility index (Phi) is 5.63. The zero-order valence-corrected chi connectivity index (χ0v) is 11.5. The van der Waals surface area contributed by atoms with Crippen molar-refractivity contribution in [3.05, 3.63) is 35.9 Å². The van der Waals surface area contributed by atoms with Crippen molar-refractivity contribution in [1.29, 1.82) is 0 Å². The summed E-state index contributed by atoms with van der Waals surface area (Å²) in [6, 6.07) is 10.2. The third-order valence-electron chi connectivity index (χ3n) is 3.57. The van der Waals surface area contributed by atoms with Crippen LogP contribution in [0.15, 0.2) is 30.3 Å². The van der Waals surface area contributed by atoms with Crippen LogP contribution in [-0.2, 0) is 4.79 Å². The fraction of sp³-hybridized carbons (Fsp3) is 0.500. The van der Waals surface area contributed by atoms with E-state index in [2.05, 4.69) is 6.92 Å². The lowest BCUT2D eigenvalue weighted by Crippen LogP contribution is -2.39. The van der Waals surface area contributed by atoms with Crippen LogP contribution in [0.5, 0.6) is 0 Å². The minimum Gasteiger partial charge on any atom is -0.339 e. The second-order valence-electron chi connectivity index (χ2n) is 4.72. The first kappa shape index (κ1) is 15.0. The van der Waals surface area contributed by atoms with Gasteiger partial charge in [-0.3, -0.25) is 4.79 Å². The molecule has 0 saturated carbocycles. The summed E-state index contributed by atoms with van der Waals surface area (Å²) >= 11 is 0. The average molecular weight is 269 g/mol. The van der Waals surface area contributed by atoms with E-state index in [1.165, 1.54) is 0 Å². The van der Waals surface area contributed by atoms with Crippen LogP contribution in [0.3, 0.4) is 0 Å². The molecule has 2 rings (SSSR count). The standard InChI is InChI=1S/C14H20N2O.ClH/c1-11-6-5-9-16(11)14(17)13(10-15)12-7-3-2-4-8-12;/h2-4,7-8,11,13H,5-6,9-10,15H2,1H3;1H. The highest BCUT2D eigenvalue weighted by Gasteiger charge is 2.30. The molecular formula is C14H21ClN2O. The number of benzene rings is 1. The van der Waals surface area contributed by atoms with Gasteiger partial charge in [0.2, 0.25) is 5.91 Å². The molecule has 1 heterocycles. The van der Waals surface area contributed by atoms with Crippen molar-refractivity contribution in [3.8, 4) is 0 Å². The highest BCUT2D eigenvalue weighted by molar-refractivity contribution is 5.85. The van der Waals surface area contributed by atoms with Gasteiger partial charge in [0.1, 0.15) is 0 Å². The first-order valence-electron chi connectivity index (χ1n) is 6.29. The molecule has 4 heteroatoms. The molecule has 1 aromatic rings. The zero-order valence-electron chi connectivity index (χ0n) is 10.7. The molecule has 2 atom stereocenters. The largest absolute Gasteiger partial charge is 0.339 e. The normalized spacial score (nSPS) is 20.3. The molecule has 2 unspecified atom stereocenters. The Morgan fingerprint density at radius 1 is 1.44 bits per heavy atom. The van der Waals surface area contributed by atoms with Gasteiger partial charge in [-0.2, -0.15) is 0 Å². The smallest absolute Gasteiger partial charge is 0.231 e. The third kappa shape index (κ3) is 3.03. The van der Waals surface area contributed by atoms with Gasteiger partial charge in [0, 0.05) is 19.1 Å². The van der Waals surface area contributed by atoms with Gasteiger partial charge in [0.25, 0.3) is 0 Å². The van der Waals surface area contributed by atoms with Gasteiger partial charge in [-0.05, 0) is 25.3 Å². The van der Waals surface area contributed by atoms with Crippen molar-refractivity contribution < 1.29 is 4.79 Å². The molecule has 100 valence electrons. The number of halogens is 1. The highest BCUT2D eigenvalue weighted by Crippen LogP contribution is 2.23. The highest BCUT2D eigenvalue weighted by atomic mass is 35.5. The second-order valence-corrected chi connectivity index (χ2v) is 4.72. The number of amides is 1. The molecule has 0 bridgehead atoms. The first-order chi connectivity index (χ1) is 8.24. The van der Waals surface area contributed by atoms with Gasteiger partial charge in [0.15, 0.2) is 0 Å². The second kappa shape index (κ2) is 6.76. The molecule has 1 aliphatic heterocycles. The van der Waals surface area contributed by atoms with Crippen LogP contribution in [0.4, 0.5) is 0 Å². The van der Waals surface area contributed by atoms with Gasteiger partial charge >= 0.3 is 0 Å². The van der Waals surface area contributed by atoms with Crippen molar-refractivity contribution in [1.82, 2.24) is 4.90 Å². The summed E-state index contributed by atoms with van der Waals surface area (Å²) in [5, 5.41) is 0. The maximum atomic E-state index is 12.4. The summed E-state index contributed by atoms with van der Waals surface area (Å²) in [6.45, 7) is 3.37. The van der Waals surface area contributed by atoms with E-state index in [9.17, 15) is 4.79 Å². The number of nitrogens with zero attached hydrogens (tertiary/aromatic N) is 1. The summed E-state index contributed by atoms with van der Waals surface area (Å²) < 4.78 is 0. The molecule has 1 saturated heterocycles. The van der Waals surface area contributed by atoms with E-state index in [0.717, 1.165) is 24.9 Å². The Balaban J connectivity index is 0.00000162. The number of carbonyl (C=O) groups excluding carboxylic acids is 1. The molecule has 1 aromatic carbocycles. The van der Waals surface area contributed by atoms with E-state index in [1.807, 2.05) is 35.2 Å². The van der Waals surface area contributed by atoms with Crippen LogP contribution in [0, 0.1) is 0 Å². The lowest BCUT2D eigenvalue weighted by atomic mass is 9.97. The molecule has 1 aliphatic rings.